The Labute approximate surface area is 208 Å². The first-order chi connectivity index (χ1) is 17.3. The van der Waals surface area contributed by atoms with Gasteiger partial charge in [-0.2, -0.15) is 5.10 Å². The van der Waals surface area contributed by atoms with Gasteiger partial charge >= 0.3 is 12.3 Å². The predicted molar refractivity (Wildman–Crippen MR) is 124 cm³/mol. The lowest BCUT2D eigenvalue weighted by Crippen LogP contribution is -2.30. The van der Waals surface area contributed by atoms with Crippen molar-refractivity contribution in [3.8, 4) is 5.75 Å². The molecule has 37 heavy (non-hydrogen) atoms. The minimum Gasteiger partial charge on any atom is -0.507 e. The lowest BCUT2D eigenvalue weighted by molar-refractivity contribution is -0.274. The highest BCUT2D eigenvalue weighted by Crippen LogP contribution is 2.42. The van der Waals surface area contributed by atoms with Crippen LogP contribution in [0.25, 0.3) is 5.76 Å². The third-order valence-electron chi connectivity index (χ3n) is 5.46. The monoisotopic (exact) mass is 533 g/mol. The molecule has 3 aromatic rings. The number of nitrogens with zero attached hydrogens (tertiary/aromatic N) is 3. The van der Waals surface area contributed by atoms with Crippen LogP contribution in [0.5, 0.6) is 5.75 Å². The van der Waals surface area contributed by atoms with Crippen molar-refractivity contribution in [2.75, 3.05) is 11.2 Å². The molecule has 192 valence electrons. The number of benzene rings is 2. The largest absolute Gasteiger partial charge is 0.573 e. The number of halogens is 3. The Hall–Kier alpha value is -4.26. The first-order valence-corrected chi connectivity index (χ1v) is 12.4. The van der Waals surface area contributed by atoms with Gasteiger partial charge in [0, 0.05) is 11.8 Å². The van der Waals surface area contributed by atoms with E-state index in [1.54, 1.807) is 13.0 Å². The number of alkyl halides is 3. The van der Waals surface area contributed by atoms with Gasteiger partial charge in [-0.05, 0) is 61.0 Å². The number of aliphatic hydroxyl groups excluding tert-OH is 1. The fourth-order valence-corrected chi connectivity index (χ4v) is 4.40. The number of aromatic nitrogens is 2. The number of sulfone groups is 1. The SMILES string of the molecule is Cc1ccc(N2C(=O)C(=O)C(=C(O)c3ccc(S(C)(=O)=O)cc3)C2c2ccc(OC(F)(F)F)cc2)nn1. The van der Waals surface area contributed by atoms with Crippen LogP contribution in [0.4, 0.5) is 19.0 Å². The Bertz CT molecular complexity index is 1500. The smallest absolute Gasteiger partial charge is 0.507 e. The summed E-state index contributed by atoms with van der Waals surface area (Å²) in [5.41, 5.74) is 0.369. The Morgan fingerprint density at radius 1 is 0.973 bits per heavy atom. The fraction of sp³-hybridized carbons (Fsp3) is 0.167. The lowest BCUT2D eigenvalue weighted by atomic mass is 9.95. The van der Waals surface area contributed by atoms with Crippen LogP contribution >= 0.6 is 0 Å². The zero-order valence-electron chi connectivity index (χ0n) is 19.2. The van der Waals surface area contributed by atoms with Crippen molar-refractivity contribution in [1.29, 1.82) is 0 Å². The van der Waals surface area contributed by atoms with Crippen molar-refractivity contribution in [3.63, 3.8) is 0 Å². The number of amides is 1. The third-order valence-corrected chi connectivity index (χ3v) is 6.59. The highest BCUT2D eigenvalue weighted by Gasteiger charge is 2.47. The molecule has 0 radical (unpaired) electrons. The number of hydrogen-bond acceptors (Lipinski definition) is 8. The van der Waals surface area contributed by atoms with Gasteiger partial charge in [0.2, 0.25) is 0 Å². The molecule has 9 nitrogen and oxygen atoms in total. The average molecular weight is 533 g/mol. The molecular weight excluding hydrogens is 515 g/mol. The first-order valence-electron chi connectivity index (χ1n) is 10.5. The first kappa shape index (κ1) is 25.8. The number of carbonyl (C=O) groups excluding carboxylic acids is 2. The average Bonchev–Trinajstić information content (AvgIpc) is 3.08. The molecule has 13 heteroatoms. The van der Waals surface area contributed by atoms with Crippen molar-refractivity contribution in [2.45, 2.75) is 24.2 Å². The van der Waals surface area contributed by atoms with Crippen LogP contribution in [0.2, 0.25) is 0 Å². The summed E-state index contributed by atoms with van der Waals surface area (Å²) in [5.74, 6) is -3.29. The van der Waals surface area contributed by atoms with Gasteiger partial charge < -0.3 is 9.84 Å². The molecule has 1 unspecified atom stereocenters. The molecule has 0 saturated carbocycles. The zero-order chi connectivity index (χ0) is 27.1. The number of Topliss-reactive ketones (excluding diaryl/α,β-unsaturated/α-hetero) is 1. The summed E-state index contributed by atoms with van der Waals surface area (Å²) in [6.45, 7) is 1.65. The number of ketones is 1. The molecule has 0 spiro atoms. The summed E-state index contributed by atoms with van der Waals surface area (Å²) < 4.78 is 65.2. The minimum atomic E-state index is -4.92. The van der Waals surface area contributed by atoms with E-state index in [-0.39, 0.29) is 27.4 Å². The normalized spacial score (nSPS) is 17.8. The topological polar surface area (TPSA) is 127 Å². The molecule has 1 atom stereocenters. The quantitative estimate of drug-likeness (QED) is 0.299. The highest BCUT2D eigenvalue weighted by atomic mass is 32.2. The van der Waals surface area contributed by atoms with Crippen LogP contribution in [-0.2, 0) is 19.4 Å². The number of hydrogen-bond donors (Lipinski definition) is 1. The molecular formula is C24H18F3N3O6S. The van der Waals surface area contributed by atoms with Crippen LogP contribution in [0, 0.1) is 6.92 Å². The van der Waals surface area contributed by atoms with Crippen LogP contribution in [0.15, 0.2) is 71.1 Å². The maximum absolute atomic E-state index is 13.1. The summed E-state index contributed by atoms with van der Waals surface area (Å²) in [6.07, 6.45) is -3.92. The van der Waals surface area contributed by atoms with Crippen molar-refractivity contribution >= 4 is 33.1 Å². The number of aliphatic hydroxyl groups is 1. The molecule has 1 fully saturated rings. The second kappa shape index (κ2) is 9.32. The van der Waals surface area contributed by atoms with Gasteiger partial charge in [0.15, 0.2) is 15.7 Å². The van der Waals surface area contributed by atoms with Crippen molar-refractivity contribution in [2.24, 2.45) is 0 Å². The molecule has 2 aromatic carbocycles. The van der Waals surface area contributed by atoms with E-state index in [0.717, 1.165) is 23.3 Å². The Morgan fingerprint density at radius 2 is 1.59 bits per heavy atom. The molecule has 1 aliphatic heterocycles. The van der Waals surface area contributed by atoms with Gasteiger partial charge in [-0.3, -0.25) is 14.5 Å². The van der Waals surface area contributed by atoms with E-state index in [4.69, 9.17) is 0 Å². The molecule has 2 heterocycles. The molecule has 4 rings (SSSR count). The molecule has 1 aromatic heterocycles. The second-order valence-corrected chi connectivity index (χ2v) is 10.1. The Morgan fingerprint density at radius 3 is 2.11 bits per heavy atom. The van der Waals surface area contributed by atoms with Gasteiger partial charge in [0.05, 0.1) is 22.2 Å². The minimum absolute atomic E-state index is 0.0280. The fourth-order valence-electron chi connectivity index (χ4n) is 3.77. The van der Waals surface area contributed by atoms with Crippen molar-refractivity contribution in [3.05, 3.63) is 83.1 Å². The number of aryl methyl sites for hydroxylation is 1. The van der Waals surface area contributed by atoms with Crippen molar-refractivity contribution in [1.82, 2.24) is 10.2 Å². The van der Waals surface area contributed by atoms with Gasteiger partial charge in [-0.15, -0.1) is 18.3 Å². The standard InChI is InChI=1S/C24H18F3N3O6S/c1-13-3-12-18(29-28-13)30-20(14-4-8-16(9-5-14)36-24(25,26)27)19(22(32)23(30)33)21(31)15-6-10-17(11-7-15)37(2,34)35/h3-12,20,31H,1-2H3. The zero-order valence-corrected chi connectivity index (χ0v) is 20.0. The van der Waals surface area contributed by atoms with Crippen LogP contribution in [-0.4, -0.2) is 48.0 Å². The summed E-state index contributed by atoms with van der Waals surface area (Å²) in [4.78, 5) is 27.1. The van der Waals surface area contributed by atoms with E-state index < -0.39 is 45.4 Å². The van der Waals surface area contributed by atoms with E-state index in [1.165, 1.54) is 42.5 Å². The number of rotatable bonds is 5. The second-order valence-electron chi connectivity index (χ2n) is 8.12. The highest BCUT2D eigenvalue weighted by molar-refractivity contribution is 7.90. The summed E-state index contributed by atoms with van der Waals surface area (Å²) >= 11 is 0. The molecule has 1 N–H and O–H groups in total. The third kappa shape index (κ3) is 5.31. The lowest BCUT2D eigenvalue weighted by Gasteiger charge is -2.24. The maximum atomic E-state index is 13.1. The number of carbonyl (C=O) groups is 2. The van der Waals surface area contributed by atoms with Crippen LogP contribution in [0.3, 0.4) is 0 Å². The molecule has 1 aliphatic rings. The Balaban J connectivity index is 1.87. The van der Waals surface area contributed by atoms with E-state index >= 15 is 0 Å². The van der Waals surface area contributed by atoms with Gasteiger partial charge in [0.1, 0.15) is 11.5 Å². The predicted octanol–water partition coefficient (Wildman–Crippen LogP) is 3.71. The Kier molecular flexibility index (Phi) is 6.50. The van der Waals surface area contributed by atoms with Gasteiger partial charge in [-0.25, -0.2) is 8.42 Å². The number of ether oxygens (including phenoxy) is 1. The summed E-state index contributed by atoms with van der Waals surface area (Å²) in [5, 5.41) is 18.9. The van der Waals surface area contributed by atoms with E-state index in [0.29, 0.717) is 5.69 Å². The van der Waals surface area contributed by atoms with Gasteiger partial charge in [0.25, 0.3) is 5.78 Å². The summed E-state index contributed by atoms with van der Waals surface area (Å²) in [6, 6.07) is 11.1. The maximum Gasteiger partial charge on any atom is 0.573 e. The molecule has 1 saturated heterocycles. The van der Waals surface area contributed by atoms with E-state index in [1.807, 2.05) is 0 Å². The van der Waals surface area contributed by atoms with E-state index in [9.17, 15) is 36.3 Å². The molecule has 0 bridgehead atoms. The molecule has 1 amide bonds. The number of anilines is 1. The van der Waals surface area contributed by atoms with Crippen molar-refractivity contribution < 1.29 is 41.0 Å². The van der Waals surface area contributed by atoms with Crippen LogP contribution in [0.1, 0.15) is 22.9 Å². The summed E-state index contributed by atoms with van der Waals surface area (Å²) in [7, 11) is -3.54. The van der Waals surface area contributed by atoms with Gasteiger partial charge in [-0.1, -0.05) is 12.1 Å². The molecule has 0 aliphatic carbocycles. The van der Waals surface area contributed by atoms with Crippen LogP contribution < -0.4 is 9.64 Å². The van der Waals surface area contributed by atoms with E-state index in [2.05, 4.69) is 14.9 Å².